The van der Waals surface area contributed by atoms with Gasteiger partial charge in [-0.2, -0.15) is 5.10 Å². The molecule has 5 nitrogen and oxygen atoms in total. The molecule has 2 heterocycles. The van der Waals surface area contributed by atoms with Crippen LogP contribution in [0.4, 0.5) is 0 Å². The van der Waals surface area contributed by atoms with Crippen LogP contribution in [0, 0.1) is 5.92 Å². The van der Waals surface area contributed by atoms with Gasteiger partial charge in [-0.1, -0.05) is 6.92 Å². The van der Waals surface area contributed by atoms with Crippen LogP contribution in [0.1, 0.15) is 30.6 Å². The van der Waals surface area contributed by atoms with Gasteiger partial charge in [0, 0.05) is 24.8 Å². The number of nitrogens with zero attached hydrogens (tertiary/aromatic N) is 2. The molecule has 96 valence electrons. The van der Waals surface area contributed by atoms with E-state index in [2.05, 4.69) is 5.10 Å². The molecule has 0 aliphatic carbocycles. The van der Waals surface area contributed by atoms with Crippen LogP contribution in [0.25, 0.3) is 0 Å². The topological polar surface area (TPSA) is 78.0 Å². The summed E-state index contributed by atoms with van der Waals surface area (Å²) in [5.41, 5.74) is 8.17. The predicted molar refractivity (Wildman–Crippen MR) is 66.3 cm³/mol. The summed E-state index contributed by atoms with van der Waals surface area (Å²) in [6.45, 7) is 2.03. The van der Waals surface area contributed by atoms with E-state index in [4.69, 9.17) is 5.73 Å². The standard InChI is InChI=1S/C11H19N3O2S/c1-3-10-9(6-14(2)13-10)11(12)8-4-5-17(15,16)7-8/h6,8,11H,3-5,7,12H2,1-2H3. The minimum absolute atomic E-state index is 0.0366. The lowest BCUT2D eigenvalue weighted by atomic mass is 9.93. The van der Waals surface area contributed by atoms with Gasteiger partial charge in [0.2, 0.25) is 0 Å². The van der Waals surface area contributed by atoms with Gasteiger partial charge in [-0.05, 0) is 18.8 Å². The third-order valence-corrected chi connectivity index (χ3v) is 5.20. The minimum atomic E-state index is -2.87. The third kappa shape index (κ3) is 2.52. The van der Waals surface area contributed by atoms with Gasteiger partial charge in [0.05, 0.1) is 17.2 Å². The Hall–Kier alpha value is -0.880. The first-order valence-electron chi connectivity index (χ1n) is 5.91. The van der Waals surface area contributed by atoms with Crippen LogP contribution in [-0.4, -0.2) is 29.7 Å². The smallest absolute Gasteiger partial charge is 0.150 e. The molecule has 6 heteroatoms. The van der Waals surface area contributed by atoms with Gasteiger partial charge in [-0.15, -0.1) is 0 Å². The van der Waals surface area contributed by atoms with Gasteiger partial charge in [-0.3, -0.25) is 4.68 Å². The number of hydrogen-bond donors (Lipinski definition) is 1. The molecule has 1 aromatic rings. The summed E-state index contributed by atoms with van der Waals surface area (Å²) in [5, 5.41) is 4.35. The van der Waals surface area contributed by atoms with Crippen molar-refractivity contribution in [2.24, 2.45) is 18.7 Å². The molecule has 1 aromatic heterocycles. The first-order valence-corrected chi connectivity index (χ1v) is 7.73. The molecule has 1 saturated heterocycles. The fourth-order valence-electron chi connectivity index (χ4n) is 2.47. The molecule has 0 saturated carbocycles. The van der Waals surface area contributed by atoms with E-state index in [1.165, 1.54) is 0 Å². The van der Waals surface area contributed by atoms with Crippen LogP contribution in [0.15, 0.2) is 6.20 Å². The molecular formula is C11H19N3O2S. The molecule has 2 rings (SSSR count). The number of aryl methyl sites for hydroxylation is 2. The maximum atomic E-state index is 11.5. The lowest BCUT2D eigenvalue weighted by Crippen LogP contribution is -2.23. The summed E-state index contributed by atoms with van der Waals surface area (Å²) in [6, 6.07) is -0.212. The zero-order valence-corrected chi connectivity index (χ0v) is 11.1. The van der Waals surface area contributed by atoms with Crippen molar-refractivity contribution < 1.29 is 8.42 Å². The maximum absolute atomic E-state index is 11.5. The van der Waals surface area contributed by atoms with E-state index in [-0.39, 0.29) is 23.5 Å². The highest BCUT2D eigenvalue weighted by molar-refractivity contribution is 7.91. The molecule has 17 heavy (non-hydrogen) atoms. The monoisotopic (exact) mass is 257 g/mol. The summed E-state index contributed by atoms with van der Waals surface area (Å²) in [6.07, 6.45) is 3.40. The summed E-state index contributed by atoms with van der Waals surface area (Å²) in [4.78, 5) is 0. The minimum Gasteiger partial charge on any atom is -0.324 e. The molecule has 0 radical (unpaired) electrons. The molecule has 1 aliphatic heterocycles. The van der Waals surface area contributed by atoms with Gasteiger partial charge in [-0.25, -0.2) is 8.42 Å². The second-order valence-corrected chi connectivity index (χ2v) is 6.98. The van der Waals surface area contributed by atoms with Crippen molar-refractivity contribution in [1.82, 2.24) is 9.78 Å². The Morgan fingerprint density at radius 3 is 2.88 bits per heavy atom. The summed E-state index contributed by atoms with van der Waals surface area (Å²) >= 11 is 0. The fourth-order valence-corrected chi connectivity index (χ4v) is 4.32. The van der Waals surface area contributed by atoms with Crippen LogP contribution in [0.2, 0.25) is 0 Å². The van der Waals surface area contributed by atoms with Crippen LogP contribution in [0.5, 0.6) is 0 Å². The van der Waals surface area contributed by atoms with Crippen molar-refractivity contribution in [2.45, 2.75) is 25.8 Å². The van der Waals surface area contributed by atoms with Gasteiger partial charge in [0.15, 0.2) is 9.84 Å². The molecule has 0 spiro atoms. The second kappa shape index (κ2) is 4.42. The zero-order chi connectivity index (χ0) is 12.6. The van der Waals surface area contributed by atoms with Crippen LogP contribution >= 0.6 is 0 Å². The molecule has 1 fully saturated rings. The van der Waals surface area contributed by atoms with Crippen molar-refractivity contribution in [3.8, 4) is 0 Å². The average molecular weight is 257 g/mol. The highest BCUT2D eigenvalue weighted by Crippen LogP contribution is 2.31. The van der Waals surface area contributed by atoms with Crippen LogP contribution in [-0.2, 0) is 23.3 Å². The van der Waals surface area contributed by atoms with Crippen molar-refractivity contribution in [1.29, 1.82) is 0 Å². The van der Waals surface area contributed by atoms with E-state index in [0.29, 0.717) is 6.42 Å². The van der Waals surface area contributed by atoms with Crippen LogP contribution in [0.3, 0.4) is 0 Å². The normalized spacial score (nSPS) is 25.0. The molecule has 2 unspecified atom stereocenters. The third-order valence-electron chi connectivity index (χ3n) is 3.41. The molecule has 1 aliphatic rings. The quantitative estimate of drug-likeness (QED) is 0.851. The predicted octanol–water partition coefficient (Wildman–Crippen LogP) is 0.417. The van der Waals surface area contributed by atoms with Gasteiger partial charge < -0.3 is 5.73 Å². The Balaban J connectivity index is 2.22. The van der Waals surface area contributed by atoms with Crippen molar-refractivity contribution >= 4 is 9.84 Å². The molecular weight excluding hydrogens is 238 g/mol. The fraction of sp³-hybridized carbons (Fsp3) is 0.727. The van der Waals surface area contributed by atoms with Gasteiger partial charge in [0.25, 0.3) is 0 Å². The van der Waals surface area contributed by atoms with Crippen LogP contribution < -0.4 is 5.73 Å². The van der Waals surface area contributed by atoms with Crippen molar-refractivity contribution in [3.63, 3.8) is 0 Å². The van der Waals surface area contributed by atoms with E-state index < -0.39 is 9.84 Å². The lowest BCUT2D eigenvalue weighted by molar-refractivity contribution is 0.477. The largest absolute Gasteiger partial charge is 0.324 e. The molecule has 0 amide bonds. The number of rotatable bonds is 3. The molecule has 2 N–H and O–H groups in total. The summed E-state index contributed by atoms with van der Waals surface area (Å²) in [5.74, 6) is 0.522. The van der Waals surface area contributed by atoms with Gasteiger partial charge >= 0.3 is 0 Å². The Kier molecular flexibility index (Phi) is 3.27. The first kappa shape index (κ1) is 12.6. The van der Waals surface area contributed by atoms with Crippen molar-refractivity contribution in [2.75, 3.05) is 11.5 Å². The number of sulfone groups is 1. The highest BCUT2D eigenvalue weighted by Gasteiger charge is 2.33. The zero-order valence-electron chi connectivity index (χ0n) is 10.3. The molecule has 0 aromatic carbocycles. The summed E-state index contributed by atoms with van der Waals surface area (Å²) < 4.78 is 24.7. The first-order chi connectivity index (χ1) is 7.93. The van der Waals surface area contributed by atoms with E-state index >= 15 is 0 Å². The summed E-state index contributed by atoms with van der Waals surface area (Å²) in [7, 11) is -1.01. The number of hydrogen-bond acceptors (Lipinski definition) is 4. The Morgan fingerprint density at radius 1 is 1.65 bits per heavy atom. The van der Waals surface area contributed by atoms with Crippen molar-refractivity contribution in [3.05, 3.63) is 17.5 Å². The van der Waals surface area contributed by atoms with Gasteiger partial charge in [0.1, 0.15) is 0 Å². The molecule has 2 atom stereocenters. The SMILES string of the molecule is CCc1nn(C)cc1C(N)C1CCS(=O)(=O)C1. The Labute approximate surface area is 102 Å². The van der Waals surface area contributed by atoms with E-state index in [9.17, 15) is 8.42 Å². The Bertz CT molecular complexity index is 507. The molecule has 0 bridgehead atoms. The Morgan fingerprint density at radius 2 is 2.35 bits per heavy atom. The maximum Gasteiger partial charge on any atom is 0.150 e. The lowest BCUT2D eigenvalue weighted by Gasteiger charge is -2.17. The second-order valence-electron chi connectivity index (χ2n) is 4.75. The number of aromatic nitrogens is 2. The van der Waals surface area contributed by atoms with E-state index in [1.54, 1.807) is 4.68 Å². The number of nitrogens with two attached hydrogens (primary N) is 1. The van der Waals surface area contributed by atoms with E-state index in [1.807, 2.05) is 20.2 Å². The average Bonchev–Trinajstić information content (AvgIpc) is 2.80. The van der Waals surface area contributed by atoms with E-state index in [0.717, 1.165) is 17.7 Å². The highest BCUT2D eigenvalue weighted by atomic mass is 32.2.